The summed E-state index contributed by atoms with van der Waals surface area (Å²) in [5, 5.41) is 3.62. The quantitative estimate of drug-likeness (QED) is 0.828. The maximum absolute atomic E-state index is 5.86. The highest BCUT2D eigenvalue weighted by atomic mass is 16.5. The molecule has 1 saturated heterocycles. The smallest absolute Gasteiger partial charge is 0.124 e. The van der Waals surface area contributed by atoms with Gasteiger partial charge in [-0.3, -0.25) is 0 Å². The highest BCUT2D eigenvalue weighted by molar-refractivity contribution is 5.33. The van der Waals surface area contributed by atoms with Crippen LogP contribution in [0.3, 0.4) is 0 Å². The number of para-hydroxylation sites is 1. The molecule has 3 nitrogen and oxygen atoms in total. The Bertz CT molecular complexity index is 400. The van der Waals surface area contributed by atoms with Gasteiger partial charge in [-0.05, 0) is 52.8 Å². The first-order valence-electron chi connectivity index (χ1n) is 7.85. The number of nitrogens with zero attached hydrogens (tertiary/aromatic N) is 1. The molecule has 1 aromatic rings. The number of nitrogens with one attached hydrogen (secondary N) is 1. The zero-order valence-corrected chi connectivity index (χ0v) is 13.1. The minimum absolute atomic E-state index is 0.221. The summed E-state index contributed by atoms with van der Waals surface area (Å²) < 4.78 is 5.86. The molecule has 1 N–H and O–H groups in total. The van der Waals surface area contributed by atoms with Crippen LogP contribution in [-0.2, 0) is 6.54 Å². The van der Waals surface area contributed by atoms with E-state index in [9.17, 15) is 0 Å². The minimum atomic E-state index is 0.221. The molecule has 20 heavy (non-hydrogen) atoms. The van der Waals surface area contributed by atoms with Crippen LogP contribution in [0.15, 0.2) is 24.3 Å². The van der Waals surface area contributed by atoms with Gasteiger partial charge in [0.2, 0.25) is 0 Å². The summed E-state index contributed by atoms with van der Waals surface area (Å²) in [4.78, 5) is 2.55. The predicted molar refractivity (Wildman–Crippen MR) is 84.2 cm³/mol. The highest BCUT2D eigenvalue weighted by Gasteiger charge is 2.14. The summed E-state index contributed by atoms with van der Waals surface area (Å²) in [6.07, 6.45) is 2.94. The van der Waals surface area contributed by atoms with Crippen LogP contribution in [0.2, 0.25) is 0 Å². The lowest BCUT2D eigenvalue weighted by Gasteiger charge is -2.22. The molecule has 0 bridgehead atoms. The number of rotatable bonds is 7. The van der Waals surface area contributed by atoms with Gasteiger partial charge in [0.25, 0.3) is 0 Å². The molecule has 2 rings (SSSR count). The fraction of sp³-hybridized carbons (Fsp3) is 0.647. The zero-order valence-electron chi connectivity index (χ0n) is 13.1. The van der Waals surface area contributed by atoms with Crippen molar-refractivity contribution in [3.63, 3.8) is 0 Å². The Labute approximate surface area is 123 Å². The Morgan fingerprint density at radius 1 is 1.15 bits per heavy atom. The van der Waals surface area contributed by atoms with Crippen LogP contribution in [0.5, 0.6) is 5.75 Å². The average Bonchev–Trinajstić information content (AvgIpc) is 2.90. The molecular weight excluding hydrogens is 248 g/mol. The Hall–Kier alpha value is -1.06. The SMILES string of the molecule is CC(CN1CCCC1)NCc1ccccc1OC(C)C. The van der Waals surface area contributed by atoms with Crippen LogP contribution >= 0.6 is 0 Å². The molecule has 0 spiro atoms. The van der Waals surface area contributed by atoms with E-state index in [2.05, 4.69) is 49.2 Å². The molecule has 0 aromatic heterocycles. The fourth-order valence-corrected chi connectivity index (χ4v) is 2.72. The van der Waals surface area contributed by atoms with Gasteiger partial charge in [-0.25, -0.2) is 0 Å². The number of benzene rings is 1. The molecule has 1 atom stereocenters. The van der Waals surface area contributed by atoms with Gasteiger partial charge in [-0.15, -0.1) is 0 Å². The molecule has 0 aliphatic carbocycles. The average molecular weight is 276 g/mol. The molecule has 1 heterocycles. The number of ether oxygens (including phenoxy) is 1. The van der Waals surface area contributed by atoms with Gasteiger partial charge in [0.1, 0.15) is 5.75 Å². The zero-order chi connectivity index (χ0) is 14.4. The van der Waals surface area contributed by atoms with E-state index < -0.39 is 0 Å². The van der Waals surface area contributed by atoms with E-state index in [4.69, 9.17) is 4.74 Å². The third-order valence-corrected chi connectivity index (χ3v) is 3.71. The topological polar surface area (TPSA) is 24.5 Å². The maximum atomic E-state index is 5.86. The molecule has 0 radical (unpaired) electrons. The van der Waals surface area contributed by atoms with Crippen molar-refractivity contribution in [3.05, 3.63) is 29.8 Å². The van der Waals surface area contributed by atoms with Crippen molar-refractivity contribution in [2.75, 3.05) is 19.6 Å². The Morgan fingerprint density at radius 3 is 2.55 bits per heavy atom. The first-order chi connectivity index (χ1) is 9.65. The molecule has 0 saturated carbocycles. The maximum Gasteiger partial charge on any atom is 0.124 e. The summed E-state index contributed by atoms with van der Waals surface area (Å²) in [5.41, 5.74) is 1.24. The number of likely N-dealkylation sites (tertiary alicyclic amines) is 1. The van der Waals surface area contributed by atoms with Crippen molar-refractivity contribution < 1.29 is 4.74 Å². The van der Waals surface area contributed by atoms with E-state index in [0.717, 1.165) is 18.8 Å². The molecule has 1 aromatic carbocycles. The third-order valence-electron chi connectivity index (χ3n) is 3.71. The van der Waals surface area contributed by atoms with Crippen LogP contribution in [-0.4, -0.2) is 36.7 Å². The first kappa shape index (κ1) is 15.3. The normalized spacial score (nSPS) is 17.6. The lowest BCUT2D eigenvalue weighted by molar-refractivity contribution is 0.238. The van der Waals surface area contributed by atoms with Gasteiger partial charge in [-0.1, -0.05) is 18.2 Å². The summed E-state index contributed by atoms with van der Waals surface area (Å²) in [6.45, 7) is 11.0. The van der Waals surface area contributed by atoms with Crippen molar-refractivity contribution in [3.8, 4) is 5.75 Å². The Kier molecular flexibility index (Phi) is 5.86. The Morgan fingerprint density at radius 2 is 1.85 bits per heavy atom. The van der Waals surface area contributed by atoms with Gasteiger partial charge < -0.3 is 15.0 Å². The summed E-state index contributed by atoms with van der Waals surface area (Å²) in [7, 11) is 0. The van der Waals surface area contributed by atoms with Crippen LogP contribution in [0.1, 0.15) is 39.2 Å². The number of hydrogen-bond donors (Lipinski definition) is 1. The standard InChI is InChI=1S/C17H28N2O/c1-14(2)20-17-9-5-4-8-16(17)12-18-15(3)13-19-10-6-7-11-19/h4-5,8-9,14-15,18H,6-7,10-13H2,1-3H3. The van der Waals surface area contributed by atoms with E-state index in [1.54, 1.807) is 0 Å². The highest BCUT2D eigenvalue weighted by Crippen LogP contribution is 2.19. The molecule has 3 heteroatoms. The van der Waals surface area contributed by atoms with Gasteiger partial charge in [-0.2, -0.15) is 0 Å². The monoisotopic (exact) mass is 276 g/mol. The Balaban J connectivity index is 1.83. The second-order valence-corrected chi connectivity index (χ2v) is 6.06. The van der Waals surface area contributed by atoms with Crippen LogP contribution in [0.25, 0.3) is 0 Å². The first-order valence-corrected chi connectivity index (χ1v) is 7.85. The van der Waals surface area contributed by atoms with E-state index >= 15 is 0 Å². The van der Waals surface area contributed by atoms with Gasteiger partial charge in [0.05, 0.1) is 6.10 Å². The summed E-state index contributed by atoms with van der Waals surface area (Å²) >= 11 is 0. The molecule has 0 amide bonds. The van der Waals surface area contributed by atoms with Crippen LogP contribution in [0, 0.1) is 0 Å². The van der Waals surface area contributed by atoms with Crippen molar-refractivity contribution in [2.24, 2.45) is 0 Å². The van der Waals surface area contributed by atoms with Gasteiger partial charge >= 0.3 is 0 Å². The fourth-order valence-electron chi connectivity index (χ4n) is 2.72. The van der Waals surface area contributed by atoms with Crippen LogP contribution < -0.4 is 10.1 Å². The largest absolute Gasteiger partial charge is 0.491 e. The van der Waals surface area contributed by atoms with Gasteiger partial charge in [0.15, 0.2) is 0 Å². The lowest BCUT2D eigenvalue weighted by atomic mass is 10.2. The molecule has 1 unspecified atom stereocenters. The number of hydrogen-bond acceptors (Lipinski definition) is 3. The van der Waals surface area contributed by atoms with E-state index in [1.165, 1.54) is 31.5 Å². The van der Waals surface area contributed by atoms with Crippen molar-refractivity contribution in [2.45, 2.75) is 52.3 Å². The van der Waals surface area contributed by atoms with Gasteiger partial charge in [0, 0.05) is 24.7 Å². The molecule has 112 valence electrons. The van der Waals surface area contributed by atoms with Crippen molar-refractivity contribution >= 4 is 0 Å². The summed E-state index contributed by atoms with van der Waals surface area (Å²) in [6, 6.07) is 8.83. The second kappa shape index (κ2) is 7.65. The predicted octanol–water partition coefficient (Wildman–Crippen LogP) is 3.05. The van der Waals surface area contributed by atoms with Crippen molar-refractivity contribution in [1.82, 2.24) is 10.2 Å². The molecular formula is C17H28N2O. The molecule has 1 fully saturated rings. The van der Waals surface area contributed by atoms with Crippen molar-refractivity contribution in [1.29, 1.82) is 0 Å². The molecule has 1 aliphatic heterocycles. The molecule has 1 aliphatic rings. The van der Waals surface area contributed by atoms with E-state index in [1.807, 2.05) is 6.07 Å². The summed E-state index contributed by atoms with van der Waals surface area (Å²) in [5.74, 6) is 1.00. The minimum Gasteiger partial charge on any atom is -0.491 e. The van der Waals surface area contributed by atoms with E-state index in [0.29, 0.717) is 6.04 Å². The second-order valence-electron chi connectivity index (χ2n) is 6.06. The van der Waals surface area contributed by atoms with E-state index in [-0.39, 0.29) is 6.10 Å². The van der Waals surface area contributed by atoms with Crippen LogP contribution in [0.4, 0.5) is 0 Å². The third kappa shape index (κ3) is 4.80. The lowest BCUT2D eigenvalue weighted by Crippen LogP contribution is -2.37.